The van der Waals surface area contributed by atoms with Crippen molar-refractivity contribution in [1.29, 1.82) is 5.26 Å². The molecule has 23 heavy (non-hydrogen) atoms. The molecule has 0 saturated heterocycles. The van der Waals surface area contributed by atoms with Crippen LogP contribution >= 0.6 is 11.3 Å². The molecule has 0 spiro atoms. The van der Waals surface area contributed by atoms with E-state index in [4.69, 9.17) is 5.26 Å². The van der Waals surface area contributed by atoms with Crippen LogP contribution in [0.2, 0.25) is 0 Å². The SMILES string of the molecule is N#Cc1ccc(S(=O)(=O)Nc2ccc(-n3nn[nH]c3=O)cc2)s1. The number of sulfonamides is 1. The number of nitrogens with one attached hydrogen (secondary N) is 2. The van der Waals surface area contributed by atoms with Crippen LogP contribution in [0.25, 0.3) is 5.69 Å². The van der Waals surface area contributed by atoms with Gasteiger partial charge in [0.25, 0.3) is 10.0 Å². The highest BCUT2D eigenvalue weighted by Gasteiger charge is 2.17. The third-order valence-corrected chi connectivity index (χ3v) is 5.66. The second-order valence-corrected chi connectivity index (χ2v) is 7.29. The van der Waals surface area contributed by atoms with Crippen LogP contribution in [0, 0.1) is 11.3 Å². The first-order chi connectivity index (χ1) is 11.0. The summed E-state index contributed by atoms with van der Waals surface area (Å²) in [5.41, 5.74) is 0.257. The summed E-state index contributed by atoms with van der Waals surface area (Å²) in [7, 11) is -3.76. The zero-order chi connectivity index (χ0) is 16.4. The van der Waals surface area contributed by atoms with Crippen LogP contribution in [0.1, 0.15) is 4.88 Å². The van der Waals surface area contributed by atoms with E-state index in [0.29, 0.717) is 16.3 Å². The third-order valence-electron chi connectivity index (χ3n) is 2.79. The highest BCUT2D eigenvalue weighted by Crippen LogP contribution is 2.23. The van der Waals surface area contributed by atoms with Gasteiger partial charge in [-0.3, -0.25) is 4.72 Å². The second kappa shape index (κ2) is 5.67. The minimum Gasteiger partial charge on any atom is -0.279 e. The summed E-state index contributed by atoms with van der Waals surface area (Å²) >= 11 is 0.883. The van der Waals surface area contributed by atoms with Crippen LogP contribution in [-0.4, -0.2) is 28.6 Å². The van der Waals surface area contributed by atoms with E-state index in [1.165, 1.54) is 36.4 Å². The van der Waals surface area contributed by atoms with Crippen LogP contribution in [0.5, 0.6) is 0 Å². The first kappa shape index (κ1) is 14.9. The number of hydrogen-bond donors (Lipinski definition) is 2. The van der Waals surface area contributed by atoms with Gasteiger partial charge in [-0.2, -0.15) is 9.94 Å². The van der Waals surface area contributed by atoms with Crippen molar-refractivity contribution in [3.63, 3.8) is 0 Å². The Labute approximate surface area is 133 Å². The van der Waals surface area contributed by atoms with Crippen LogP contribution in [0.3, 0.4) is 0 Å². The van der Waals surface area contributed by atoms with Gasteiger partial charge in [0.2, 0.25) is 0 Å². The summed E-state index contributed by atoms with van der Waals surface area (Å²) in [6, 6.07) is 10.7. The second-order valence-electron chi connectivity index (χ2n) is 4.30. The van der Waals surface area contributed by atoms with E-state index in [2.05, 4.69) is 20.2 Å². The molecule has 3 rings (SSSR count). The van der Waals surface area contributed by atoms with Gasteiger partial charge in [0.05, 0.1) is 5.69 Å². The molecule has 2 heterocycles. The lowest BCUT2D eigenvalue weighted by Gasteiger charge is -2.06. The molecule has 0 aliphatic carbocycles. The number of rotatable bonds is 4. The van der Waals surface area contributed by atoms with Crippen molar-refractivity contribution in [3.8, 4) is 11.8 Å². The standard InChI is InChI=1S/C12H8N6O3S2/c13-7-10-5-6-11(22-10)23(20,21)15-8-1-3-9(4-2-8)18-12(19)14-16-17-18/h1-6,15H,(H,14,17,19). The predicted octanol–water partition coefficient (Wildman–Crippen LogP) is 0.690. The Kier molecular flexibility index (Phi) is 3.68. The molecule has 0 bridgehead atoms. The predicted molar refractivity (Wildman–Crippen MR) is 81.8 cm³/mol. The molecule has 0 amide bonds. The molecule has 1 aromatic carbocycles. The molecular formula is C12H8N6O3S2. The quantitative estimate of drug-likeness (QED) is 0.712. The number of hydrogen-bond acceptors (Lipinski definition) is 7. The Balaban J connectivity index is 1.85. The summed E-state index contributed by atoms with van der Waals surface area (Å²) in [5, 5.41) is 17.9. The highest BCUT2D eigenvalue weighted by molar-refractivity contribution is 7.94. The summed E-state index contributed by atoms with van der Waals surface area (Å²) in [5.74, 6) is 0. The lowest BCUT2D eigenvalue weighted by Crippen LogP contribution is -2.16. The fourth-order valence-electron chi connectivity index (χ4n) is 1.77. The number of anilines is 1. The zero-order valence-electron chi connectivity index (χ0n) is 11.3. The minimum absolute atomic E-state index is 0.0471. The number of aromatic nitrogens is 4. The number of nitriles is 1. The number of benzene rings is 1. The van der Waals surface area contributed by atoms with Crippen molar-refractivity contribution in [2.24, 2.45) is 0 Å². The van der Waals surface area contributed by atoms with Crippen LogP contribution < -0.4 is 10.4 Å². The van der Waals surface area contributed by atoms with E-state index in [1.54, 1.807) is 0 Å². The van der Waals surface area contributed by atoms with Crippen molar-refractivity contribution >= 4 is 27.0 Å². The summed E-state index contributed by atoms with van der Waals surface area (Å²) < 4.78 is 27.9. The van der Waals surface area contributed by atoms with Crippen LogP contribution in [-0.2, 0) is 10.0 Å². The molecule has 0 aliphatic rings. The summed E-state index contributed by atoms with van der Waals surface area (Å²) in [4.78, 5) is 11.7. The molecule has 2 aromatic heterocycles. The van der Waals surface area contributed by atoms with Gasteiger partial charge < -0.3 is 0 Å². The van der Waals surface area contributed by atoms with Crippen LogP contribution in [0.15, 0.2) is 45.4 Å². The normalized spacial score (nSPS) is 11.1. The molecule has 11 heteroatoms. The van der Waals surface area contributed by atoms with E-state index in [1.807, 2.05) is 6.07 Å². The molecule has 0 aliphatic heterocycles. The molecule has 0 atom stereocenters. The Morgan fingerprint density at radius 2 is 1.96 bits per heavy atom. The Morgan fingerprint density at radius 1 is 1.22 bits per heavy atom. The smallest absolute Gasteiger partial charge is 0.279 e. The molecule has 0 unspecified atom stereocenters. The Bertz CT molecular complexity index is 1040. The fraction of sp³-hybridized carbons (Fsp3) is 0. The van der Waals surface area contributed by atoms with Gasteiger partial charge in [0.1, 0.15) is 15.2 Å². The number of nitrogens with zero attached hydrogens (tertiary/aromatic N) is 4. The minimum atomic E-state index is -3.76. The Hall–Kier alpha value is -2.97. The number of thiophene rings is 1. The van der Waals surface area contributed by atoms with Crippen LogP contribution in [0.4, 0.5) is 5.69 Å². The van der Waals surface area contributed by atoms with Gasteiger partial charge >= 0.3 is 5.69 Å². The first-order valence-corrected chi connectivity index (χ1v) is 8.43. The van der Waals surface area contributed by atoms with E-state index >= 15 is 0 Å². The van der Waals surface area contributed by atoms with Crippen molar-refractivity contribution in [2.75, 3.05) is 4.72 Å². The van der Waals surface area contributed by atoms with Gasteiger partial charge in [0, 0.05) is 5.69 Å². The molecule has 0 fully saturated rings. The van der Waals surface area contributed by atoms with E-state index < -0.39 is 15.7 Å². The van der Waals surface area contributed by atoms with Gasteiger partial charge in [-0.25, -0.2) is 18.3 Å². The maximum atomic E-state index is 12.2. The lowest BCUT2D eigenvalue weighted by atomic mass is 10.3. The average Bonchev–Trinajstić information content (AvgIpc) is 3.17. The largest absolute Gasteiger partial charge is 0.365 e. The molecule has 2 N–H and O–H groups in total. The summed E-state index contributed by atoms with van der Waals surface area (Å²) in [6.07, 6.45) is 0. The number of aromatic amines is 1. The molecular weight excluding hydrogens is 340 g/mol. The van der Waals surface area contributed by atoms with Gasteiger partial charge in [0.15, 0.2) is 0 Å². The van der Waals surface area contributed by atoms with Crippen molar-refractivity contribution in [2.45, 2.75) is 4.21 Å². The van der Waals surface area contributed by atoms with Crippen molar-refractivity contribution in [3.05, 3.63) is 51.8 Å². The third kappa shape index (κ3) is 2.98. The van der Waals surface area contributed by atoms with Crippen molar-refractivity contribution < 1.29 is 8.42 Å². The topological polar surface area (TPSA) is 134 Å². The fourth-order valence-corrected chi connectivity index (χ4v) is 3.93. The Morgan fingerprint density at radius 3 is 2.52 bits per heavy atom. The van der Waals surface area contributed by atoms with E-state index in [9.17, 15) is 13.2 Å². The van der Waals surface area contributed by atoms with Gasteiger partial charge in [-0.05, 0) is 46.8 Å². The molecule has 9 nitrogen and oxygen atoms in total. The zero-order valence-corrected chi connectivity index (χ0v) is 12.9. The first-order valence-electron chi connectivity index (χ1n) is 6.13. The average molecular weight is 348 g/mol. The maximum Gasteiger partial charge on any atom is 0.365 e. The molecule has 0 radical (unpaired) electrons. The number of H-pyrrole nitrogens is 1. The maximum absolute atomic E-state index is 12.2. The monoisotopic (exact) mass is 348 g/mol. The van der Waals surface area contributed by atoms with E-state index in [0.717, 1.165) is 16.0 Å². The highest BCUT2D eigenvalue weighted by atomic mass is 32.2. The number of tetrazole rings is 1. The molecule has 3 aromatic rings. The van der Waals surface area contributed by atoms with E-state index in [-0.39, 0.29) is 4.21 Å². The van der Waals surface area contributed by atoms with Crippen molar-refractivity contribution in [1.82, 2.24) is 20.2 Å². The van der Waals surface area contributed by atoms with Gasteiger partial charge in [-0.15, -0.1) is 11.3 Å². The summed E-state index contributed by atoms with van der Waals surface area (Å²) in [6.45, 7) is 0. The lowest BCUT2D eigenvalue weighted by molar-refractivity contribution is 0.603. The molecule has 0 saturated carbocycles. The van der Waals surface area contributed by atoms with Gasteiger partial charge in [-0.1, -0.05) is 0 Å². The molecule has 116 valence electrons.